The van der Waals surface area contributed by atoms with E-state index in [1.165, 1.54) is 19.3 Å². The Bertz CT molecular complexity index is 2210. The van der Waals surface area contributed by atoms with Gasteiger partial charge in [-0.25, -0.2) is 14.8 Å². The Labute approximate surface area is 307 Å². The summed E-state index contributed by atoms with van der Waals surface area (Å²) in [5.74, 6) is 1.69. The van der Waals surface area contributed by atoms with Gasteiger partial charge in [0.15, 0.2) is 11.5 Å². The summed E-state index contributed by atoms with van der Waals surface area (Å²) < 4.78 is 1.07. The summed E-state index contributed by atoms with van der Waals surface area (Å²) >= 11 is 1.55. The van der Waals surface area contributed by atoms with E-state index in [0.29, 0.717) is 54.2 Å². The van der Waals surface area contributed by atoms with Gasteiger partial charge in [0.05, 0.1) is 22.1 Å². The quantitative estimate of drug-likeness (QED) is 0.161. The first-order valence-corrected chi connectivity index (χ1v) is 19.3. The molecule has 9 heteroatoms. The monoisotopic (exact) mass is 710 g/mol. The highest BCUT2D eigenvalue weighted by Crippen LogP contribution is 2.60. The number of carbonyl (C=O) groups excluding carboxylic acids is 2. The van der Waals surface area contributed by atoms with E-state index in [-0.39, 0.29) is 29.2 Å². The first-order valence-electron chi connectivity index (χ1n) is 18.5. The molecule has 8 nitrogen and oxygen atoms in total. The van der Waals surface area contributed by atoms with Crippen molar-refractivity contribution in [1.82, 2.24) is 9.97 Å². The number of carbonyl (C=O) groups is 3. The first kappa shape index (κ1) is 33.0. The maximum absolute atomic E-state index is 14.3. The molecule has 52 heavy (non-hydrogen) atoms. The third-order valence-corrected chi connectivity index (χ3v) is 13.4. The van der Waals surface area contributed by atoms with E-state index in [1.54, 1.807) is 11.3 Å². The second kappa shape index (κ2) is 12.7. The molecule has 4 bridgehead atoms. The van der Waals surface area contributed by atoms with Crippen molar-refractivity contribution in [2.24, 2.45) is 23.2 Å². The van der Waals surface area contributed by atoms with Gasteiger partial charge in [0, 0.05) is 37.0 Å². The highest BCUT2D eigenvalue weighted by atomic mass is 32.1. The summed E-state index contributed by atoms with van der Waals surface area (Å²) in [7, 11) is 1.89. The van der Waals surface area contributed by atoms with Crippen LogP contribution in [0.5, 0.6) is 0 Å². The fourth-order valence-electron chi connectivity index (χ4n) is 10.4. The summed E-state index contributed by atoms with van der Waals surface area (Å²) in [6, 6.07) is 23.4. The zero-order valence-electron chi connectivity index (χ0n) is 29.6. The number of aromatic carboxylic acids is 1. The van der Waals surface area contributed by atoms with Crippen molar-refractivity contribution < 1.29 is 19.5 Å². The number of carboxylic acid groups (broad SMARTS) is 1. The summed E-state index contributed by atoms with van der Waals surface area (Å²) in [5, 5.41) is 11.3. The predicted molar refractivity (Wildman–Crippen MR) is 204 cm³/mol. The number of rotatable bonds is 8. The molecule has 1 N–H and O–H groups in total. The standard InChI is InChI=1S/C43H42N4O4S/c1-25-30(8-6-11-35(25)46(2)42(51)43-21-26-17-27(22-43)19-28(18-26)23-43)32-13-14-38(45-40(32)41(49)50)47-16-15-29-7-5-9-31(33(29)24-47)36(48)20-39-44-34-10-3-4-12-37(34)52-39/h3-14,26-28H,15-24H2,1-2H3,(H,49,50). The van der Waals surface area contributed by atoms with Gasteiger partial charge < -0.3 is 14.9 Å². The first-order chi connectivity index (χ1) is 25.2. The average Bonchev–Trinajstić information content (AvgIpc) is 3.55. The smallest absolute Gasteiger partial charge is 0.355 e. The number of hydrogen-bond acceptors (Lipinski definition) is 7. The number of pyridine rings is 1. The minimum atomic E-state index is -1.11. The number of amides is 1. The zero-order chi connectivity index (χ0) is 35.7. The van der Waals surface area contributed by atoms with Gasteiger partial charge in [-0.2, -0.15) is 0 Å². The van der Waals surface area contributed by atoms with E-state index in [1.807, 2.05) is 85.6 Å². The fraction of sp³-hybridized carbons (Fsp3) is 0.372. The van der Waals surface area contributed by atoms with E-state index < -0.39 is 5.97 Å². The van der Waals surface area contributed by atoms with E-state index in [4.69, 9.17) is 4.98 Å². The zero-order valence-corrected chi connectivity index (χ0v) is 30.4. The molecule has 0 atom stereocenters. The number of benzene rings is 3. The molecule has 10 rings (SSSR count). The molecule has 4 aliphatic carbocycles. The van der Waals surface area contributed by atoms with Gasteiger partial charge in [-0.1, -0.05) is 42.5 Å². The van der Waals surface area contributed by atoms with Gasteiger partial charge in [0.1, 0.15) is 10.8 Å². The number of nitrogens with zero attached hydrogens (tertiary/aromatic N) is 4. The SMILES string of the molecule is Cc1c(-c2ccc(N3CCc4cccc(C(=O)Cc5nc6ccccc6s5)c4C3)nc2C(=O)O)cccc1N(C)C(=O)C12CC3CC(CC(C3)C1)C2. The Hall–Kier alpha value is -4.89. The maximum atomic E-state index is 14.3. The highest BCUT2D eigenvalue weighted by molar-refractivity contribution is 7.18. The molecule has 264 valence electrons. The van der Waals surface area contributed by atoms with Crippen LogP contribution in [0.4, 0.5) is 11.5 Å². The van der Waals surface area contributed by atoms with Gasteiger partial charge in [0.25, 0.3) is 0 Å². The number of hydrogen-bond donors (Lipinski definition) is 1. The second-order valence-corrected chi connectivity index (χ2v) is 16.8. The van der Waals surface area contributed by atoms with Gasteiger partial charge in [-0.3, -0.25) is 9.59 Å². The van der Waals surface area contributed by atoms with Crippen molar-refractivity contribution in [1.29, 1.82) is 0 Å². The number of carboxylic acids is 1. The van der Waals surface area contributed by atoms with Crippen LogP contribution in [0.15, 0.2) is 72.8 Å². The third kappa shape index (κ3) is 5.61. The Morgan fingerprint density at radius 3 is 2.35 bits per heavy atom. The van der Waals surface area contributed by atoms with Gasteiger partial charge >= 0.3 is 5.97 Å². The van der Waals surface area contributed by atoms with Crippen molar-refractivity contribution in [3.63, 3.8) is 0 Å². The Morgan fingerprint density at radius 1 is 0.885 bits per heavy atom. The number of para-hydroxylation sites is 1. The van der Waals surface area contributed by atoms with Crippen molar-refractivity contribution in [3.8, 4) is 11.1 Å². The van der Waals surface area contributed by atoms with Crippen molar-refractivity contribution >= 4 is 50.7 Å². The van der Waals surface area contributed by atoms with Gasteiger partial charge in [-0.15, -0.1) is 11.3 Å². The molecule has 0 radical (unpaired) electrons. The van der Waals surface area contributed by atoms with Gasteiger partial charge in [0.2, 0.25) is 5.91 Å². The number of Topliss-reactive ketones (excluding diaryl/α,β-unsaturated/α-hetero) is 1. The molecular formula is C43H42N4O4S. The molecule has 4 saturated carbocycles. The second-order valence-electron chi connectivity index (χ2n) is 15.7. The average molecular weight is 711 g/mol. The molecule has 2 aromatic heterocycles. The van der Waals surface area contributed by atoms with Crippen LogP contribution in [0.1, 0.15) is 81.1 Å². The lowest BCUT2D eigenvalue weighted by Gasteiger charge is -2.56. The molecule has 0 saturated heterocycles. The number of fused-ring (bicyclic) bond motifs is 2. The molecule has 5 aliphatic rings. The van der Waals surface area contributed by atoms with Crippen LogP contribution in [0.25, 0.3) is 21.3 Å². The van der Waals surface area contributed by atoms with Crippen LogP contribution in [0.2, 0.25) is 0 Å². The Morgan fingerprint density at radius 2 is 1.62 bits per heavy atom. The van der Waals surface area contributed by atoms with E-state index in [2.05, 4.69) is 16.0 Å². The Balaban J connectivity index is 0.982. The lowest BCUT2D eigenvalue weighted by molar-refractivity contribution is -0.143. The number of thiazole rings is 1. The van der Waals surface area contributed by atoms with Crippen LogP contribution < -0.4 is 9.80 Å². The predicted octanol–water partition coefficient (Wildman–Crippen LogP) is 8.53. The number of ketones is 1. The van der Waals surface area contributed by atoms with Crippen molar-refractivity contribution in [2.45, 2.75) is 64.8 Å². The highest BCUT2D eigenvalue weighted by Gasteiger charge is 2.55. The number of anilines is 2. The topological polar surface area (TPSA) is 104 Å². The van der Waals surface area contributed by atoms with Crippen LogP contribution in [-0.2, 0) is 24.2 Å². The van der Waals surface area contributed by atoms with Crippen LogP contribution in [0, 0.1) is 30.1 Å². The minimum Gasteiger partial charge on any atom is -0.476 e. The van der Waals surface area contributed by atoms with Crippen LogP contribution in [-0.4, -0.2) is 46.3 Å². The maximum Gasteiger partial charge on any atom is 0.355 e. The molecule has 5 aromatic rings. The van der Waals surface area contributed by atoms with E-state index in [0.717, 1.165) is 62.4 Å². The third-order valence-electron chi connectivity index (χ3n) is 12.4. The molecule has 3 aromatic carbocycles. The summed E-state index contributed by atoms with van der Waals surface area (Å²) in [6.07, 6.45) is 7.77. The normalized spacial score (nSPS) is 23.1. The van der Waals surface area contributed by atoms with Crippen LogP contribution in [0.3, 0.4) is 0 Å². The molecule has 1 amide bonds. The lowest BCUT2D eigenvalue weighted by atomic mass is 9.49. The lowest BCUT2D eigenvalue weighted by Crippen LogP contribution is -2.54. The largest absolute Gasteiger partial charge is 0.476 e. The van der Waals surface area contributed by atoms with E-state index >= 15 is 0 Å². The van der Waals surface area contributed by atoms with Crippen molar-refractivity contribution in [2.75, 3.05) is 23.4 Å². The molecule has 3 heterocycles. The van der Waals surface area contributed by atoms with Crippen LogP contribution >= 0.6 is 11.3 Å². The minimum absolute atomic E-state index is 0.0225. The molecule has 4 fully saturated rings. The fourth-order valence-corrected chi connectivity index (χ4v) is 11.4. The summed E-state index contributed by atoms with van der Waals surface area (Å²) in [4.78, 5) is 54.1. The molecular weight excluding hydrogens is 669 g/mol. The Kier molecular flexibility index (Phi) is 8.03. The summed E-state index contributed by atoms with van der Waals surface area (Å²) in [6.45, 7) is 3.08. The summed E-state index contributed by atoms with van der Waals surface area (Å²) in [5.41, 5.74) is 6.32. The van der Waals surface area contributed by atoms with Crippen molar-refractivity contribution in [3.05, 3.63) is 106 Å². The van der Waals surface area contributed by atoms with Gasteiger partial charge in [-0.05, 0) is 122 Å². The molecule has 1 aliphatic heterocycles. The van der Waals surface area contributed by atoms with E-state index in [9.17, 15) is 19.5 Å². The number of aromatic nitrogens is 2. The molecule has 0 unspecified atom stereocenters. The molecule has 0 spiro atoms.